The third-order valence-corrected chi connectivity index (χ3v) is 3.87. The van der Waals surface area contributed by atoms with Crippen molar-refractivity contribution < 1.29 is 0 Å². The van der Waals surface area contributed by atoms with Crippen LogP contribution in [-0.2, 0) is 13.0 Å². The summed E-state index contributed by atoms with van der Waals surface area (Å²) in [5, 5.41) is 4.46. The maximum atomic E-state index is 5.99. The fourth-order valence-electron chi connectivity index (χ4n) is 2.67. The normalized spacial score (nSPS) is 12.7. The van der Waals surface area contributed by atoms with E-state index in [2.05, 4.69) is 51.1 Å². The molecule has 3 heteroatoms. The van der Waals surface area contributed by atoms with Gasteiger partial charge >= 0.3 is 0 Å². The van der Waals surface area contributed by atoms with E-state index in [-0.39, 0.29) is 6.04 Å². The van der Waals surface area contributed by atoms with Crippen molar-refractivity contribution in [3.63, 3.8) is 0 Å². The van der Waals surface area contributed by atoms with Crippen LogP contribution in [0.1, 0.15) is 41.2 Å². The molecule has 108 valence electrons. The number of aryl methyl sites for hydroxylation is 3. The van der Waals surface area contributed by atoms with Gasteiger partial charge in [-0.25, -0.2) is 0 Å². The van der Waals surface area contributed by atoms with Crippen LogP contribution in [0.25, 0.3) is 0 Å². The standard InChI is InChI=1S/C17H25N3/c1-5-16(18)8-15-9-19-20(10-15)11-17-13(3)6-12(2)7-14(17)4/h6-7,9-10,16H,5,8,11,18H2,1-4H3. The van der Waals surface area contributed by atoms with Crippen molar-refractivity contribution in [2.75, 3.05) is 0 Å². The summed E-state index contributed by atoms with van der Waals surface area (Å²) in [7, 11) is 0. The Bertz CT molecular complexity index is 561. The van der Waals surface area contributed by atoms with Crippen molar-refractivity contribution in [2.24, 2.45) is 5.73 Å². The summed E-state index contributed by atoms with van der Waals surface area (Å²) in [6.07, 6.45) is 5.96. The predicted molar refractivity (Wildman–Crippen MR) is 84.0 cm³/mol. The molecule has 1 aromatic carbocycles. The molecule has 1 aromatic heterocycles. The van der Waals surface area contributed by atoms with Gasteiger partial charge in [-0.3, -0.25) is 4.68 Å². The zero-order valence-corrected chi connectivity index (χ0v) is 13.0. The Hall–Kier alpha value is -1.61. The van der Waals surface area contributed by atoms with Gasteiger partial charge in [0.05, 0.1) is 12.7 Å². The molecule has 1 atom stereocenters. The molecule has 1 heterocycles. The van der Waals surface area contributed by atoms with E-state index >= 15 is 0 Å². The second kappa shape index (κ2) is 6.23. The highest BCUT2D eigenvalue weighted by Crippen LogP contribution is 2.17. The van der Waals surface area contributed by atoms with Crippen LogP contribution in [-0.4, -0.2) is 15.8 Å². The Balaban J connectivity index is 2.15. The minimum atomic E-state index is 0.232. The van der Waals surface area contributed by atoms with Crippen molar-refractivity contribution >= 4 is 0 Å². The first kappa shape index (κ1) is 14.8. The van der Waals surface area contributed by atoms with Crippen LogP contribution < -0.4 is 5.73 Å². The Kier molecular flexibility index (Phi) is 4.61. The largest absolute Gasteiger partial charge is 0.327 e. The number of aromatic nitrogens is 2. The first-order valence-corrected chi connectivity index (χ1v) is 7.33. The molecule has 0 amide bonds. The molecule has 0 aliphatic rings. The fraction of sp³-hybridized carbons (Fsp3) is 0.471. The van der Waals surface area contributed by atoms with E-state index in [1.165, 1.54) is 27.8 Å². The number of hydrogen-bond donors (Lipinski definition) is 1. The van der Waals surface area contributed by atoms with Gasteiger partial charge in [0.15, 0.2) is 0 Å². The third kappa shape index (κ3) is 3.48. The van der Waals surface area contributed by atoms with Gasteiger partial charge < -0.3 is 5.73 Å². The van der Waals surface area contributed by atoms with Gasteiger partial charge in [0, 0.05) is 12.2 Å². The predicted octanol–water partition coefficient (Wildman–Crippen LogP) is 3.14. The molecular formula is C17H25N3. The Morgan fingerprint density at radius 3 is 2.45 bits per heavy atom. The van der Waals surface area contributed by atoms with Gasteiger partial charge in [-0.15, -0.1) is 0 Å². The smallest absolute Gasteiger partial charge is 0.0664 e. The molecule has 0 aliphatic heterocycles. The zero-order valence-electron chi connectivity index (χ0n) is 13.0. The highest BCUT2D eigenvalue weighted by atomic mass is 15.3. The quantitative estimate of drug-likeness (QED) is 0.908. The molecule has 2 aromatic rings. The molecule has 0 radical (unpaired) electrons. The van der Waals surface area contributed by atoms with Crippen LogP contribution in [0.3, 0.4) is 0 Å². The molecule has 2 N–H and O–H groups in total. The summed E-state index contributed by atoms with van der Waals surface area (Å²) in [4.78, 5) is 0. The van der Waals surface area contributed by atoms with E-state index in [1.54, 1.807) is 0 Å². The van der Waals surface area contributed by atoms with Crippen LogP contribution in [0.15, 0.2) is 24.5 Å². The van der Waals surface area contributed by atoms with Gasteiger partial charge in [-0.2, -0.15) is 5.10 Å². The van der Waals surface area contributed by atoms with E-state index in [9.17, 15) is 0 Å². The Morgan fingerprint density at radius 1 is 1.20 bits per heavy atom. The average Bonchev–Trinajstić information content (AvgIpc) is 2.81. The monoisotopic (exact) mass is 271 g/mol. The molecule has 0 bridgehead atoms. The Morgan fingerprint density at radius 2 is 1.85 bits per heavy atom. The van der Waals surface area contributed by atoms with Crippen LogP contribution in [0.5, 0.6) is 0 Å². The first-order chi connectivity index (χ1) is 9.49. The average molecular weight is 271 g/mol. The number of nitrogens with two attached hydrogens (primary N) is 1. The molecule has 0 aliphatic carbocycles. The molecule has 2 rings (SSSR count). The number of nitrogens with zero attached hydrogens (tertiary/aromatic N) is 2. The summed E-state index contributed by atoms with van der Waals surface area (Å²) < 4.78 is 2.02. The van der Waals surface area contributed by atoms with Gasteiger partial charge in [0.1, 0.15) is 0 Å². The first-order valence-electron chi connectivity index (χ1n) is 7.33. The van der Waals surface area contributed by atoms with E-state index in [1.807, 2.05) is 10.9 Å². The SMILES string of the molecule is CCC(N)Cc1cnn(Cc2c(C)cc(C)cc2C)c1. The lowest BCUT2D eigenvalue weighted by atomic mass is 10.00. The number of benzene rings is 1. The van der Waals surface area contributed by atoms with Crippen molar-refractivity contribution in [1.29, 1.82) is 0 Å². The van der Waals surface area contributed by atoms with E-state index in [0.29, 0.717) is 0 Å². The Labute approximate surface area is 121 Å². The lowest BCUT2D eigenvalue weighted by Crippen LogP contribution is -2.21. The highest BCUT2D eigenvalue weighted by Gasteiger charge is 2.08. The van der Waals surface area contributed by atoms with Crippen molar-refractivity contribution in [3.05, 3.63) is 52.3 Å². The molecule has 0 fully saturated rings. The summed E-state index contributed by atoms with van der Waals surface area (Å²) in [6, 6.07) is 4.70. The summed E-state index contributed by atoms with van der Waals surface area (Å²) in [6.45, 7) is 9.44. The summed E-state index contributed by atoms with van der Waals surface area (Å²) in [5.41, 5.74) is 12.6. The van der Waals surface area contributed by atoms with E-state index in [4.69, 9.17) is 5.73 Å². The molecule has 0 saturated heterocycles. The van der Waals surface area contributed by atoms with Gasteiger partial charge in [-0.05, 0) is 55.9 Å². The molecule has 0 saturated carbocycles. The zero-order chi connectivity index (χ0) is 14.7. The second-order valence-corrected chi connectivity index (χ2v) is 5.80. The summed E-state index contributed by atoms with van der Waals surface area (Å²) >= 11 is 0. The maximum Gasteiger partial charge on any atom is 0.0664 e. The van der Waals surface area contributed by atoms with Crippen LogP contribution in [0.4, 0.5) is 0 Å². The van der Waals surface area contributed by atoms with E-state index in [0.717, 1.165) is 19.4 Å². The molecule has 20 heavy (non-hydrogen) atoms. The second-order valence-electron chi connectivity index (χ2n) is 5.80. The van der Waals surface area contributed by atoms with Gasteiger partial charge in [0.2, 0.25) is 0 Å². The minimum absolute atomic E-state index is 0.232. The van der Waals surface area contributed by atoms with Gasteiger partial charge in [0.25, 0.3) is 0 Å². The van der Waals surface area contributed by atoms with Crippen LogP contribution >= 0.6 is 0 Å². The lowest BCUT2D eigenvalue weighted by Gasteiger charge is -2.11. The van der Waals surface area contributed by atoms with Gasteiger partial charge in [-0.1, -0.05) is 24.6 Å². The van der Waals surface area contributed by atoms with Crippen LogP contribution in [0.2, 0.25) is 0 Å². The van der Waals surface area contributed by atoms with E-state index < -0.39 is 0 Å². The highest BCUT2D eigenvalue weighted by molar-refractivity contribution is 5.37. The molecule has 0 spiro atoms. The number of hydrogen-bond acceptors (Lipinski definition) is 2. The maximum absolute atomic E-state index is 5.99. The fourth-order valence-corrected chi connectivity index (χ4v) is 2.67. The topological polar surface area (TPSA) is 43.8 Å². The lowest BCUT2D eigenvalue weighted by molar-refractivity contribution is 0.643. The van der Waals surface area contributed by atoms with Crippen LogP contribution in [0, 0.1) is 20.8 Å². The minimum Gasteiger partial charge on any atom is -0.327 e. The summed E-state index contributed by atoms with van der Waals surface area (Å²) in [5.74, 6) is 0. The van der Waals surface area contributed by atoms with Crippen molar-refractivity contribution in [2.45, 2.75) is 53.1 Å². The molecule has 3 nitrogen and oxygen atoms in total. The molecular weight excluding hydrogens is 246 g/mol. The molecule has 1 unspecified atom stereocenters. The number of rotatable bonds is 5. The van der Waals surface area contributed by atoms with Crippen molar-refractivity contribution in [1.82, 2.24) is 9.78 Å². The third-order valence-electron chi connectivity index (χ3n) is 3.87. The van der Waals surface area contributed by atoms with Crippen molar-refractivity contribution in [3.8, 4) is 0 Å².